The van der Waals surface area contributed by atoms with E-state index >= 15 is 0 Å². The van der Waals surface area contributed by atoms with Gasteiger partial charge in [-0.3, -0.25) is 9.62 Å². The number of hydrogen-bond donors (Lipinski definition) is 2. The molecule has 0 saturated carbocycles. The van der Waals surface area contributed by atoms with E-state index in [2.05, 4.69) is 14.9 Å². The van der Waals surface area contributed by atoms with Gasteiger partial charge in [-0.1, -0.05) is 11.9 Å². The van der Waals surface area contributed by atoms with Crippen LogP contribution in [0.25, 0.3) is 0 Å². The Morgan fingerprint density at radius 1 is 1.54 bits per heavy atom. The molecule has 0 aromatic heterocycles. The zero-order chi connectivity index (χ0) is 9.10. The Labute approximate surface area is 84.8 Å². The lowest BCUT2D eigenvalue weighted by atomic mass is 10.1. The summed E-state index contributed by atoms with van der Waals surface area (Å²) in [4.78, 5) is 2.65. The summed E-state index contributed by atoms with van der Waals surface area (Å²) < 4.78 is 3.15. The molecule has 2 saturated heterocycles. The lowest BCUT2D eigenvalue weighted by molar-refractivity contribution is 0.173. The molecule has 76 valence electrons. The van der Waals surface area contributed by atoms with Crippen LogP contribution in [0.4, 0.5) is 0 Å². The van der Waals surface area contributed by atoms with Crippen LogP contribution in [0.1, 0.15) is 12.8 Å². The van der Waals surface area contributed by atoms with Crippen molar-refractivity contribution in [3.8, 4) is 0 Å². The first-order valence-corrected chi connectivity index (χ1v) is 6.16. The summed E-state index contributed by atoms with van der Waals surface area (Å²) >= 11 is 1.82. The van der Waals surface area contributed by atoms with Gasteiger partial charge >= 0.3 is 0 Å². The van der Waals surface area contributed by atoms with E-state index in [1.165, 1.54) is 38.2 Å². The molecule has 4 heteroatoms. The van der Waals surface area contributed by atoms with E-state index in [-0.39, 0.29) is 0 Å². The Kier molecular flexibility index (Phi) is 3.49. The standard InChI is InChI=1S/C9H19N3S/c1-10-13-7-8-9-3-2-5-12(9)6-4-11-8/h8-11H,2-7H2,1H3. The summed E-state index contributed by atoms with van der Waals surface area (Å²) in [5.74, 6) is 1.19. The van der Waals surface area contributed by atoms with Crippen LogP contribution in [0.15, 0.2) is 0 Å². The SMILES string of the molecule is CNSCC1NCCN2CCCC12. The average molecular weight is 201 g/mol. The highest BCUT2D eigenvalue weighted by Gasteiger charge is 2.33. The van der Waals surface area contributed by atoms with Gasteiger partial charge in [-0.05, 0) is 26.4 Å². The van der Waals surface area contributed by atoms with Crippen molar-refractivity contribution in [1.82, 2.24) is 14.9 Å². The van der Waals surface area contributed by atoms with Crippen molar-refractivity contribution in [3.63, 3.8) is 0 Å². The van der Waals surface area contributed by atoms with Crippen LogP contribution >= 0.6 is 11.9 Å². The van der Waals surface area contributed by atoms with Gasteiger partial charge < -0.3 is 5.32 Å². The van der Waals surface area contributed by atoms with Gasteiger partial charge in [-0.25, -0.2) is 0 Å². The molecule has 3 nitrogen and oxygen atoms in total. The average Bonchev–Trinajstić information content (AvgIpc) is 2.62. The van der Waals surface area contributed by atoms with Gasteiger partial charge in [-0.15, -0.1) is 0 Å². The molecule has 0 amide bonds. The fourth-order valence-electron chi connectivity index (χ4n) is 2.46. The van der Waals surface area contributed by atoms with E-state index < -0.39 is 0 Å². The number of piperazine rings is 1. The number of hydrogen-bond acceptors (Lipinski definition) is 4. The molecule has 2 rings (SSSR count). The third kappa shape index (κ3) is 2.18. The second kappa shape index (κ2) is 4.64. The molecule has 0 spiro atoms. The molecule has 2 aliphatic rings. The second-order valence-electron chi connectivity index (χ2n) is 3.82. The van der Waals surface area contributed by atoms with Crippen molar-refractivity contribution in [2.24, 2.45) is 0 Å². The molecular weight excluding hydrogens is 182 g/mol. The first-order valence-electron chi connectivity index (χ1n) is 5.18. The second-order valence-corrected chi connectivity index (χ2v) is 4.85. The van der Waals surface area contributed by atoms with E-state index in [9.17, 15) is 0 Å². The summed E-state index contributed by atoms with van der Waals surface area (Å²) in [5.41, 5.74) is 0. The minimum atomic E-state index is 0.702. The summed E-state index contributed by atoms with van der Waals surface area (Å²) in [6.07, 6.45) is 2.79. The number of rotatable bonds is 3. The summed E-state index contributed by atoms with van der Waals surface area (Å²) in [5, 5.41) is 3.62. The van der Waals surface area contributed by atoms with E-state index in [0.717, 1.165) is 6.04 Å². The van der Waals surface area contributed by atoms with Crippen molar-refractivity contribution in [3.05, 3.63) is 0 Å². The maximum absolute atomic E-state index is 3.62. The van der Waals surface area contributed by atoms with Crippen LogP contribution in [0.3, 0.4) is 0 Å². The molecule has 0 aromatic rings. The Bertz CT molecular complexity index is 165. The van der Waals surface area contributed by atoms with E-state index in [4.69, 9.17) is 0 Å². The Balaban J connectivity index is 1.86. The fourth-order valence-corrected chi connectivity index (χ4v) is 3.14. The zero-order valence-electron chi connectivity index (χ0n) is 8.25. The monoisotopic (exact) mass is 201 g/mol. The summed E-state index contributed by atoms with van der Waals surface area (Å²) in [7, 11) is 2.00. The molecule has 2 aliphatic heterocycles. The van der Waals surface area contributed by atoms with Gasteiger partial charge in [0.2, 0.25) is 0 Å². The minimum Gasteiger partial charge on any atom is -0.310 e. The van der Waals surface area contributed by atoms with Crippen LogP contribution in [-0.4, -0.2) is 49.4 Å². The van der Waals surface area contributed by atoms with Crippen molar-refractivity contribution < 1.29 is 0 Å². The third-order valence-corrected chi connectivity index (χ3v) is 3.91. The van der Waals surface area contributed by atoms with Crippen LogP contribution in [-0.2, 0) is 0 Å². The van der Waals surface area contributed by atoms with Gasteiger partial charge in [0.25, 0.3) is 0 Å². The van der Waals surface area contributed by atoms with Crippen LogP contribution in [0, 0.1) is 0 Å². The normalized spacial score (nSPS) is 34.8. The number of nitrogens with zero attached hydrogens (tertiary/aromatic N) is 1. The molecule has 2 N–H and O–H groups in total. The van der Waals surface area contributed by atoms with E-state index in [1.54, 1.807) is 0 Å². The molecule has 2 unspecified atom stereocenters. The van der Waals surface area contributed by atoms with Crippen LogP contribution < -0.4 is 10.0 Å². The Hall–Kier alpha value is 0.230. The molecule has 2 heterocycles. The highest BCUT2D eigenvalue weighted by molar-refractivity contribution is 7.97. The number of fused-ring (bicyclic) bond motifs is 1. The quantitative estimate of drug-likeness (QED) is 0.642. The van der Waals surface area contributed by atoms with Crippen molar-refractivity contribution in [2.75, 3.05) is 32.4 Å². The summed E-state index contributed by atoms with van der Waals surface area (Å²) in [6.45, 7) is 3.75. The fraction of sp³-hybridized carbons (Fsp3) is 1.00. The molecule has 0 bridgehead atoms. The maximum Gasteiger partial charge on any atom is 0.0327 e. The largest absolute Gasteiger partial charge is 0.310 e. The van der Waals surface area contributed by atoms with Gasteiger partial charge in [0.15, 0.2) is 0 Å². The molecule has 0 aliphatic carbocycles. The van der Waals surface area contributed by atoms with Crippen LogP contribution in [0.2, 0.25) is 0 Å². The lowest BCUT2D eigenvalue weighted by Crippen LogP contribution is -2.56. The molecule has 0 aromatic carbocycles. The molecule has 2 atom stereocenters. The zero-order valence-corrected chi connectivity index (χ0v) is 9.07. The minimum absolute atomic E-state index is 0.702. The Morgan fingerprint density at radius 2 is 2.46 bits per heavy atom. The molecule has 2 fully saturated rings. The highest BCUT2D eigenvalue weighted by atomic mass is 32.2. The van der Waals surface area contributed by atoms with E-state index in [0.29, 0.717) is 6.04 Å². The van der Waals surface area contributed by atoms with Crippen molar-refractivity contribution in [1.29, 1.82) is 0 Å². The topological polar surface area (TPSA) is 27.3 Å². The molecule has 13 heavy (non-hydrogen) atoms. The first-order chi connectivity index (χ1) is 6.42. The summed E-state index contributed by atoms with van der Waals surface area (Å²) in [6, 6.07) is 1.52. The number of nitrogens with one attached hydrogen (secondary N) is 2. The third-order valence-electron chi connectivity index (χ3n) is 3.09. The highest BCUT2D eigenvalue weighted by Crippen LogP contribution is 2.23. The van der Waals surface area contributed by atoms with Crippen molar-refractivity contribution in [2.45, 2.75) is 24.9 Å². The van der Waals surface area contributed by atoms with Gasteiger partial charge in [0.05, 0.1) is 0 Å². The predicted octanol–water partition coefficient (Wildman–Crippen LogP) is 0.290. The van der Waals surface area contributed by atoms with Crippen LogP contribution in [0.5, 0.6) is 0 Å². The van der Waals surface area contributed by atoms with Crippen molar-refractivity contribution >= 4 is 11.9 Å². The van der Waals surface area contributed by atoms with E-state index in [1.807, 2.05) is 19.0 Å². The predicted molar refractivity (Wildman–Crippen MR) is 57.9 cm³/mol. The van der Waals surface area contributed by atoms with Gasteiger partial charge in [0.1, 0.15) is 0 Å². The van der Waals surface area contributed by atoms with Gasteiger partial charge in [0, 0.05) is 30.9 Å². The van der Waals surface area contributed by atoms with Gasteiger partial charge in [-0.2, -0.15) is 0 Å². The first kappa shape index (κ1) is 9.77. The maximum atomic E-state index is 3.62. The molecular formula is C9H19N3S. The molecule has 0 radical (unpaired) electrons. The lowest BCUT2D eigenvalue weighted by Gasteiger charge is -2.37. The Morgan fingerprint density at radius 3 is 3.31 bits per heavy atom. The smallest absolute Gasteiger partial charge is 0.0327 e.